The minimum atomic E-state index is 0.808. The van der Waals surface area contributed by atoms with Gasteiger partial charge in [-0.15, -0.1) is 25.3 Å². The Hall–Kier alpha value is -1.12. The van der Waals surface area contributed by atoms with Crippen LogP contribution >= 0.6 is 25.3 Å². The molecular weight excluding hydrogens is 256 g/mol. The van der Waals surface area contributed by atoms with Gasteiger partial charge in [0.15, 0.2) is 0 Å². The lowest BCUT2D eigenvalue weighted by Crippen LogP contribution is -1.87. The maximum absolute atomic E-state index is 4.54. The molecule has 0 spiro atoms. The van der Waals surface area contributed by atoms with Gasteiger partial charge in [-0.05, 0) is 25.0 Å². The summed E-state index contributed by atoms with van der Waals surface area (Å²) < 4.78 is 0. The first-order chi connectivity index (χ1) is 8.62. The molecule has 0 heterocycles. The van der Waals surface area contributed by atoms with Gasteiger partial charge in [-0.3, -0.25) is 0 Å². The van der Waals surface area contributed by atoms with Crippen LogP contribution in [-0.2, 0) is 0 Å². The normalized spacial score (nSPS) is 15.1. The largest absolute Gasteiger partial charge is 0.142 e. The molecule has 0 aliphatic heterocycles. The van der Waals surface area contributed by atoms with Crippen LogP contribution in [0.15, 0.2) is 82.7 Å². The molecule has 0 aliphatic rings. The van der Waals surface area contributed by atoms with Crippen LogP contribution in [0.4, 0.5) is 0 Å². The Labute approximate surface area is 122 Å². The molecule has 0 fully saturated rings. The third-order valence-electron chi connectivity index (χ3n) is 2.06. The van der Waals surface area contributed by atoms with E-state index in [-0.39, 0.29) is 0 Å². The molecule has 2 heteroatoms. The van der Waals surface area contributed by atoms with Crippen LogP contribution in [0, 0.1) is 0 Å². The Bertz CT molecular complexity index is 402. The van der Waals surface area contributed by atoms with Crippen molar-refractivity contribution in [1.29, 1.82) is 0 Å². The van der Waals surface area contributed by atoms with E-state index in [1.54, 1.807) is 12.2 Å². The summed E-state index contributed by atoms with van der Waals surface area (Å²) in [6.45, 7) is 11.3. The second-order valence-electron chi connectivity index (χ2n) is 3.41. The van der Waals surface area contributed by atoms with Crippen LogP contribution in [0.1, 0.15) is 13.8 Å². The van der Waals surface area contributed by atoms with Gasteiger partial charge in [0.2, 0.25) is 0 Å². The molecule has 0 bridgehead atoms. The molecule has 18 heavy (non-hydrogen) atoms. The van der Waals surface area contributed by atoms with Crippen molar-refractivity contribution in [3.8, 4) is 0 Å². The molecule has 0 nitrogen and oxygen atoms in total. The quantitative estimate of drug-likeness (QED) is 0.469. The molecule has 0 aliphatic carbocycles. The molecule has 0 amide bonds. The zero-order valence-electron chi connectivity index (χ0n) is 10.9. The second-order valence-corrected chi connectivity index (χ2v) is 4.31. The lowest BCUT2D eigenvalue weighted by Gasteiger charge is -2.08. The van der Waals surface area contributed by atoms with Gasteiger partial charge in [-0.25, -0.2) is 0 Å². The van der Waals surface area contributed by atoms with Crippen molar-refractivity contribution in [2.45, 2.75) is 13.8 Å². The standard InChI is InChI=1S/C16H20S2/c1-5-9-13(10-6-2)15(17)16(18)14(11-7-3)12-8-4/h5-12,17-18H,1,3H2,2,4H3/b10-6-,12-8-,13-9+,14-11+,16-15-. The zero-order valence-corrected chi connectivity index (χ0v) is 12.7. The van der Waals surface area contributed by atoms with Crippen LogP contribution in [0.3, 0.4) is 0 Å². The van der Waals surface area contributed by atoms with Crippen LogP contribution < -0.4 is 0 Å². The minimum Gasteiger partial charge on any atom is -0.142 e. The lowest BCUT2D eigenvalue weighted by molar-refractivity contribution is 1.54. The smallest absolute Gasteiger partial charge is 0.0252 e. The monoisotopic (exact) mass is 276 g/mol. The number of rotatable bonds is 6. The highest BCUT2D eigenvalue weighted by molar-refractivity contribution is 7.89. The summed E-state index contributed by atoms with van der Waals surface area (Å²) in [6, 6.07) is 0. The molecule has 0 radical (unpaired) electrons. The minimum absolute atomic E-state index is 0.808. The highest BCUT2D eigenvalue weighted by atomic mass is 32.1. The highest BCUT2D eigenvalue weighted by Gasteiger charge is 2.05. The van der Waals surface area contributed by atoms with E-state index < -0.39 is 0 Å². The molecule has 0 aromatic carbocycles. The molecule has 0 N–H and O–H groups in total. The Kier molecular flexibility index (Phi) is 9.25. The first kappa shape index (κ1) is 16.9. The topological polar surface area (TPSA) is 0 Å². The molecule has 0 atom stereocenters. The predicted octanol–water partition coefficient (Wildman–Crippen LogP) is 5.43. The summed E-state index contributed by atoms with van der Waals surface area (Å²) in [7, 11) is 0. The number of hydrogen-bond donors (Lipinski definition) is 2. The fourth-order valence-corrected chi connectivity index (χ4v) is 1.87. The van der Waals surface area contributed by atoms with E-state index in [9.17, 15) is 0 Å². The van der Waals surface area contributed by atoms with Gasteiger partial charge in [0.25, 0.3) is 0 Å². The maximum atomic E-state index is 4.54. The summed E-state index contributed by atoms with van der Waals surface area (Å²) in [6.07, 6.45) is 15.1. The van der Waals surface area contributed by atoms with Crippen molar-refractivity contribution in [3.05, 3.63) is 82.7 Å². The van der Waals surface area contributed by atoms with Crippen LogP contribution in [-0.4, -0.2) is 0 Å². The summed E-state index contributed by atoms with van der Waals surface area (Å²) in [5.74, 6) is 0. The number of thiol groups is 2. The molecule has 0 aromatic rings. The summed E-state index contributed by atoms with van der Waals surface area (Å²) in [5.41, 5.74) is 1.94. The molecule has 0 unspecified atom stereocenters. The molecule has 0 rings (SSSR count). The number of hydrogen-bond acceptors (Lipinski definition) is 2. The van der Waals surface area contributed by atoms with Gasteiger partial charge in [0.1, 0.15) is 0 Å². The van der Waals surface area contributed by atoms with Gasteiger partial charge in [0, 0.05) is 9.81 Å². The van der Waals surface area contributed by atoms with E-state index in [4.69, 9.17) is 0 Å². The third-order valence-corrected chi connectivity index (χ3v) is 3.20. The highest BCUT2D eigenvalue weighted by Crippen LogP contribution is 2.28. The van der Waals surface area contributed by atoms with Gasteiger partial charge < -0.3 is 0 Å². The van der Waals surface area contributed by atoms with E-state index in [2.05, 4.69) is 38.4 Å². The van der Waals surface area contributed by atoms with E-state index in [0.29, 0.717) is 0 Å². The van der Waals surface area contributed by atoms with Gasteiger partial charge in [-0.1, -0.05) is 61.8 Å². The fraction of sp³-hybridized carbons (Fsp3) is 0.125. The van der Waals surface area contributed by atoms with Gasteiger partial charge >= 0.3 is 0 Å². The first-order valence-electron chi connectivity index (χ1n) is 5.66. The van der Waals surface area contributed by atoms with Gasteiger partial charge in [0.05, 0.1) is 0 Å². The van der Waals surface area contributed by atoms with Crippen molar-refractivity contribution in [2.24, 2.45) is 0 Å². The molecule has 96 valence electrons. The Morgan fingerprint density at radius 2 is 1.11 bits per heavy atom. The van der Waals surface area contributed by atoms with Crippen molar-refractivity contribution in [3.63, 3.8) is 0 Å². The summed E-state index contributed by atoms with van der Waals surface area (Å²) in [4.78, 5) is 1.62. The van der Waals surface area contributed by atoms with E-state index >= 15 is 0 Å². The van der Waals surface area contributed by atoms with Crippen molar-refractivity contribution in [2.75, 3.05) is 0 Å². The van der Waals surface area contributed by atoms with E-state index in [1.807, 2.05) is 50.3 Å². The Balaban J connectivity index is 5.69. The molecule has 0 aromatic heterocycles. The zero-order chi connectivity index (χ0) is 14.0. The Morgan fingerprint density at radius 3 is 1.33 bits per heavy atom. The van der Waals surface area contributed by atoms with Crippen LogP contribution in [0.2, 0.25) is 0 Å². The fourth-order valence-electron chi connectivity index (χ4n) is 1.31. The lowest BCUT2D eigenvalue weighted by atomic mass is 10.1. The molecule has 0 saturated heterocycles. The number of allylic oxidation sites excluding steroid dienone is 10. The van der Waals surface area contributed by atoms with Crippen LogP contribution in [0.25, 0.3) is 0 Å². The van der Waals surface area contributed by atoms with Crippen molar-refractivity contribution >= 4 is 25.3 Å². The summed E-state index contributed by atoms with van der Waals surface area (Å²) >= 11 is 9.08. The van der Waals surface area contributed by atoms with E-state index in [0.717, 1.165) is 21.0 Å². The van der Waals surface area contributed by atoms with Crippen LogP contribution in [0.5, 0.6) is 0 Å². The van der Waals surface area contributed by atoms with E-state index in [1.165, 1.54) is 0 Å². The van der Waals surface area contributed by atoms with Crippen molar-refractivity contribution in [1.82, 2.24) is 0 Å². The maximum Gasteiger partial charge on any atom is 0.0252 e. The SMILES string of the molecule is C=C/C=C(\C=C/C)C(/S)=C(S)\C(\C=C/C)=C\C=C. The predicted molar refractivity (Wildman–Crippen MR) is 91.2 cm³/mol. The summed E-state index contributed by atoms with van der Waals surface area (Å²) in [5, 5.41) is 0. The first-order valence-corrected chi connectivity index (χ1v) is 6.55. The molecular formula is C16H20S2. The van der Waals surface area contributed by atoms with Gasteiger partial charge in [-0.2, -0.15) is 0 Å². The Morgan fingerprint density at radius 1 is 0.778 bits per heavy atom. The average Bonchev–Trinajstić information content (AvgIpc) is 2.36. The second kappa shape index (κ2) is 9.86. The van der Waals surface area contributed by atoms with Crippen molar-refractivity contribution < 1.29 is 0 Å². The third kappa shape index (κ3) is 5.48. The average molecular weight is 276 g/mol. The molecule has 0 saturated carbocycles.